The predicted molar refractivity (Wildman–Crippen MR) is 120 cm³/mol. The maximum absolute atomic E-state index is 11.9. The molecule has 0 aliphatic carbocycles. The number of carbonyl (C=O) groups is 1. The Bertz CT molecular complexity index is 962. The molecule has 0 aliphatic rings. The normalized spacial score (nSPS) is 11.0. The number of nitrogens with zero attached hydrogens (tertiary/aromatic N) is 3. The van der Waals surface area contributed by atoms with Crippen molar-refractivity contribution in [3.63, 3.8) is 0 Å². The van der Waals surface area contributed by atoms with Crippen LogP contribution in [-0.2, 0) is 10.5 Å². The molecule has 0 radical (unpaired) electrons. The molecule has 10 heteroatoms. The first kappa shape index (κ1) is 21.6. The van der Waals surface area contributed by atoms with Crippen molar-refractivity contribution in [3.05, 3.63) is 64.7 Å². The van der Waals surface area contributed by atoms with Gasteiger partial charge >= 0.3 is 0 Å². The lowest BCUT2D eigenvalue weighted by Crippen LogP contribution is -2.19. The van der Waals surface area contributed by atoms with Gasteiger partial charge in [0.25, 0.3) is 5.91 Å². The first-order valence-corrected chi connectivity index (χ1v) is 11.6. The van der Waals surface area contributed by atoms with Crippen molar-refractivity contribution in [3.8, 4) is 5.75 Å². The van der Waals surface area contributed by atoms with Gasteiger partial charge in [0.2, 0.25) is 0 Å². The molecular formula is C19H17ClN4O2S3. The van der Waals surface area contributed by atoms with Crippen molar-refractivity contribution in [2.75, 3.05) is 12.9 Å². The number of halogens is 1. The standard InChI is InChI=1S/C19H17ClN4O2S3/c1-26-16-8-4-13(5-9-16)10-21-22-17(25)12-28-19-24-23-18(29-19)27-11-14-2-6-15(20)7-3-14/h2-10H,11-12H2,1H3,(H,22,25)/b21-10-. The number of methoxy groups -OCH3 is 1. The van der Waals surface area contributed by atoms with Crippen LogP contribution in [0.5, 0.6) is 5.75 Å². The van der Waals surface area contributed by atoms with Crippen LogP contribution >= 0.6 is 46.5 Å². The summed E-state index contributed by atoms with van der Waals surface area (Å²) in [7, 11) is 1.61. The molecule has 0 aliphatic heterocycles. The quantitative estimate of drug-likeness (QED) is 0.280. The van der Waals surface area contributed by atoms with Crippen molar-refractivity contribution in [1.29, 1.82) is 0 Å². The highest BCUT2D eigenvalue weighted by atomic mass is 35.5. The average Bonchev–Trinajstić information content (AvgIpc) is 3.20. The maximum Gasteiger partial charge on any atom is 0.250 e. The number of benzene rings is 2. The number of amides is 1. The second-order valence-electron chi connectivity index (χ2n) is 5.60. The number of aromatic nitrogens is 2. The van der Waals surface area contributed by atoms with E-state index in [9.17, 15) is 4.79 Å². The van der Waals surface area contributed by atoms with Gasteiger partial charge in [-0.25, -0.2) is 5.43 Å². The van der Waals surface area contributed by atoms with Crippen LogP contribution in [0.4, 0.5) is 0 Å². The Hall–Kier alpha value is -2.07. The lowest BCUT2D eigenvalue weighted by Gasteiger charge is -1.99. The second-order valence-corrected chi connectivity index (χ2v) is 9.46. The SMILES string of the molecule is COc1ccc(/C=N\NC(=O)CSc2nnc(SCc3ccc(Cl)cc3)s2)cc1. The lowest BCUT2D eigenvalue weighted by atomic mass is 10.2. The first-order chi connectivity index (χ1) is 14.1. The summed E-state index contributed by atoms with van der Waals surface area (Å²) < 4.78 is 6.71. The second kappa shape index (κ2) is 11.2. The summed E-state index contributed by atoms with van der Waals surface area (Å²) in [5, 5.41) is 13.0. The number of ether oxygens (including phenoxy) is 1. The minimum atomic E-state index is -0.203. The molecule has 0 saturated carbocycles. The van der Waals surface area contributed by atoms with Crippen molar-refractivity contribution in [2.24, 2.45) is 5.10 Å². The number of nitrogens with one attached hydrogen (secondary N) is 1. The van der Waals surface area contributed by atoms with Gasteiger partial charge in [-0.15, -0.1) is 10.2 Å². The Kier molecular flexibility index (Phi) is 8.36. The van der Waals surface area contributed by atoms with Crippen molar-refractivity contribution >= 4 is 58.6 Å². The Morgan fingerprint density at radius 3 is 2.52 bits per heavy atom. The Morgan fingerprint density at radius 2 is 1.83 bits per heavy atom. The molecule has 6 nitrogen and oxygen atoms in total. The van der Waals surface area contributed by atoms with Gasteiger partial charge in [-0.2, -0.15) is 5.10 Å². The molecule has 1 aromatic heterocycles. The Morgan fingerprint density at radius 1 is 1.14 bits per heavy atom. The van der Waals surface area contributed by atoms with Gasteiger partial charge in [-0.1, -0.05) is 58.6 Å². The average molecular weight is 465 g/mol. The summed E-state index contributed by atoms with van der Waals surface area (Å²) in [4.78, 5) is 11.9. The van der Waals surface area contributed by atoms with Crippen LogP contribution in [0.1, 0.15) is 11.1 Å². The van der Waals surface area contributed by atoms with Gasteiger partial charge in [0.05, 0.1) is 19.1 Å². The van der Waals surface area contributed by atoms with Crippen molar-refractivity contribution in [2.45, 2.75) is 14.4 Å². The molecule has 150 valence electrons. The van der Waals surface area contributed by atoms with E-state index < -0.39 is 0 Å². The highest BCUT2D eigenvalue weighted by Crippen LogP contribution is 2.30. The van der Waals surface area contributed by atoms with E-state index in [1.54, 1.807) is 25.1 Å². The van der Waals surface area contributed by atoms with Gasteiger partial charge in [0.1, 0.15) is 5.75 Å². The van der Waals surface area contributed by atoms with Gasteiger partial charge < -0.3 is 4.74 Å². The first-order valence-electron chi connectivity index (χ1n) is 8.42. The van der Waals surface area contributed by atoms with E-state index in [1.165, 1.54) is 23.1 Å². The molecule has 3 aromatic rings. The molecule has 0 bridgehead atoms. The van der Waals surface area contributed by atoms with Gasteiger partial charge in [-0.05, 0) is 47.5 Å². The Labute approximate surface area is 186 Å². The van der Waals surface area contributed by atoms with E-state index in [-0.39, 0.29) is 11.7 Å². The molecule has 1 heterocycles. The topological polar surface area (TPSA) is 76.5 Å². The van der Waals surface area contributed by atoms with Crippen LogP contribution in [0.3, 0.4) is 0 Å². The van der Waals surface area contributed by atoms with E-state index in [1.807, 2.05) is 48.5 Å². The summed E-state index contributed by atoms with van der Waals surface area (Å²) in [6, 6.07) is 15.1. The number of hydrogen-bond donors (Lipinski definition) is 1. The van der Waals surface area contributed by atoms with Crippen LogP contribution in [0.15, 0.2) is 62.3 Å². The zero-order valence-corrected chi connectivity index (χ0v) is 18.6. The van der Waals surface area contributed by atoms with Crippen LogP contribution in [0, 0.1) is 0 Å². The maximum atomic E-state index is 11.9. The smallest absolute Gasteiger partial charge is 0.250 e. The zero-order valence-electron chi connectivity index (χ0n) is 15.4. The summed E-state index contributed by atoms with van der Waals surface area (Å²) in [5.74, 6) is 1.57. The Balaban J connectivity index is 1.39. The third-order valence-corrected chi connectivity index (χ3v) is 7.02. The minimum Gasteiger partial charge on any atom is -0.497 e. The lowest BCUT2D eigenvalue weighted by molar-refractivity contribution is -0.118. The number of rotatable bonds is 9. The third kappa shape index (κ3) is 7.36. The number of hydrogen-bond acceptors (Lipinski definition) is 8. The van der Waals surface area contributed by atoms with E-state index in [4.69, 9.17) is 16.3 Å². The fourth-order valence-electron chi connectivity index (χ4n) is 2.07. The molecule has 0 atom stereocenters. The van der Waals surface area contributed by atoms with Crippen LogP contribution in [-0.4, -0.2) is 35.2 Å². The van der Waals surface area contributed by atoms with Gasteiger partial charge in [-0.3, -0.25) is 4.79 Å². The van der Waals surface area contributed by atoms with Crippen LogP contribution in [0.25, 0.3) is 0 Å². The van der Waals surface area contributed by atoms with E-state index in [2.05, 4.69) is 20.7 Å². The molecule has 2 aromatic carbocycles. The monoisotopic (exact) mass is 464 g/mol. The fourth-order valence-corrected chi connectivity index (χ4v) is 4.96. The van der Waals surface area contributed by atoms with Crippen LogP contribution in [0.2, 0.25) is 5.02 Å². The summed E-state index contributed by atoms with van der Waals surface area (Å²) in [6.07, 6.45) is 1.58. The molecule has 0 fully saturated rings. The van der Waals surface area contributed by atoms with Crippen molar-refractivity contribution < 1.29 is 9.53 Å². The molecule has 0 saturated heterocycles. The van der Waals surface area contributed by atoms with Gasteiger partial charge in [0.15, 0.2) is 8.68 Å². The van der Waals surface area contributed by atoms with Gasteiger partial charge in [0, 0.05) is 10.8 Å². The largest absolute Gasteiger partial charge is 0.497 e. The molecule has 0 unspecified atom stereocenters. The summed E-state index contributed by atoms with van der Waals surface area (Å²) in [6.45, 7) is 0. The molecule has 29 heavy (non-hydrogen) atoms. The number of thioether (sulfide) groups is 2. The molecule has 3 rings (SSSR count). The highest BCUT2D eigenvalue weighted by molar-refractivity contribution is 8.03. The summed E-state index contributed by atoms with van der Waals surface area (Å²) in [5.41, 5.74) is 4.54. The summed E-state index contributed by atoms with van der Waals surface area (Å²) >= 11 is 10.3. The fraction of sp³-hybridized carbons (Fsp3) is 0.158. The molecule has 0 spiro atoms. The van der Waals surface area contributed by atoms with E-state index in [0.717, 1.165) is 36.3 Å². The van der Waals surface area contributed by atoms with Crippen LogP contribution < -0.4 is 10.2 Å². The third-order valence-electron chi connectivity index (χ3n) is 3.51. The zero-order chi connectivity index (χ0) is 20.5. The minimum absolute atomic E-state index is 0.203. The van der Waals surface area contributed by atoms with Crippen molar-refractivity contribution in [1.82, 2.24) is 15.6 Å². The highest BCUT2D eigenvalue weighted by Gasteiger charge is 2.08. The van der Waals surface area contributed by atoms with E-state index >= 15 is 0 Å². The number of carbonyl (C=O) groups excluding carboxylic acids is 1. The number of hydrazone groups is 1. The van der Waals surface area contributed by atoms with E-state index in [0.29, 0.717) is 0 Å². The molecule has 1 N–H and O–H groups in total. The predicted octanol–water partition coefficient (Wildman–Crippen LogP) is 4.73. The molecular weight excluding hydrogens is 448 g/mol. The molecule has 1 amide bonds.